The first-order valence-electron chi connectivity index (χ1n) is 8.18. The number of carbonyl (C=O) groups excluding carboxylic acids is 1. The van der Waals surface area contributed by atoms with Crippen molar-refractivity contribution >= 4 is 40.4 Å². The van der Waals surface area contributed by atoms with Crippen LogP contribution in [0.3, 0.4) is 0 Å². The maximum atomic E-state index is 14.4. The summed E-state index contributed by atoms with van der Waals surface area (Å²) in [6.45, 7) is 3.72. The molecule has 0 atom stereocenters. The molecular formula is C19H19FIN3O. The molecule has 130 valence electrons. The maximum absolute atomic E-state index is 14.4. The average molecular weight is 451 g/mol. The van der Waals surface area contributed by atoms with Crippen molar-refractivity contribution in [2.75, 3.05) is 18.0 Å². The third-order valence-corrected chi connectivity index (χ3v) is 4.91. The Kier molecular flexibility index (Phi) is 5.67. The second-order valence-electron chi connectivity index (χ2n) is 6.06. The number of carbonyl (C=O) groups is 1. The van der Waals surface area contributed by atoms with Gasteiger partial charge in [0, 0.05) is 27.8 Å². The fourth-order valence-corrected chi connectivity index (χ4v) is 3.42. The minimum absolute atomic E-state index is 0.252. The van der Waals surface area contributed by atoms with Crippen molar-refractivity contribution in [1.29, 1.82) is 0 Å². The Balaban J connectivity index is 1.71. The molecule has 1 fully saturated rings. The lowest BCUT2D eigenvalue weighted by Gasteiger charge is -2.19. The Morgan fingerprint density at radius 3 is 2.76 bits per heavy atom. The van der Waals surface area contributed by atoms with Gasteiger partial charge in [-0.15, -0.1) is 0 Å². The minimum Gasteiger partial charge on any atom is -0.369 e. The normalized spacial score (nSPS) is 14.3. The highest BCUT2D eigenvalue weighted by molar-refractivity contribution is 14.1. The fourth-order valence-electron chi connectivity index (χ4n) is 2.88. The van der Waals surface area contributed by atoms with E-state index < -0.39 is 0 Å². The number of rotatable bonds is 4. The zero-order valence-corrected chi connectivity index (χ0v) is 16.1. The minimum atomic E-state index is -0.290. The van der Waals surface area contributed by atoms with Gasteiger partial charge in [-0.25, -0.2) is 9.82 Å². The molecule has 0 aliphatic carbocycles. The van der Waals surface area contributed by atoms with Gasteiger partial charge in [0.25, 0.3) is 5.91 Å². The van der Waals surface area contributed by atoms with Crippen LogP contribution in [-0.4, -0.2) is 25.2 Å². The number of hydrazone groups is 1. The number of hydrogen-bond donors (Lipinski definition) is 1. The molecule has 2 aromatic carbocycles. The summed E-state index contributed by atoms with van der Waals surface area (Å²) in [5.41, 5.74) is 5.25. The molecule has 2 aromatic rings. The lowest BCUT2D eigenvalue weighted by Crippen LogP contribution is -2.19. The predicted molar refractivity (Wildman–Crippen MR) is 107 cm³/mol. The largest absolute Gasteiger partial charge is 0.369 e. The van der Waals surface area contributed by atoms with Gasteiger partial charge in [0.2, 0.25) is 0 Å². The van der Waals surface area contributed by atoms with Crippen LogP contribution in [0.25, 0.3) is 0 Å². The molecule has 1 saturated heterocycles. The Hall–Kier alpha value is -1.96. The maximum Gasteiger partial charge on any atom is 0.271 e. The van der Waals surface area contributed by atoms with E-state index in [1.165, 1.54) is 12.3 Å². The molecule has 3 rings (SSSR count). The van der Waals surface area contributed by atoms with Crippen LogP contribution in [0, 0.1) is 16.3 Å². The van der Waals surface area contributed by atoms with Gasteiger partial charge in [0.05, 0.1) is 11.9 Å². The van der Waals surface area contributed by atoms with Crippen LogP contribution >= 0.6 is 22.6 Å². The highest BCUT2D eigenvalue weighted by Crippen LogP contribution is 2.26. The summed E-state index contributed by atoms with van der Waals surface area (Å²) in [7, 11) is 0. The lowest BCUT2D eigenvalue weighted by atomic mass is 10.1. The van der Waals surface area contributed by atoms with Crippen LogP contribution in [-0.2, 0) is 0 Å². The summed E-state index contributed by atoms with van der Waals surface area (Å²) in [5.74, 6) is -0.542. The summed E-state index contributed by atoms with van der Waals surface area (Å²) in [6.07, 6.45) is 3.69. The molecule has 1 aliphatic rings. The van der Waals surface area contributed by atoms with E-state index >= 15 is 0 Å². The standard InChI is InChI=1S/C19H19FIN3O/c1-13-9-18(24-7-2-3-8-24)17(20)11-15(13)12-22-23-19(25)14-5-4-6-16(21)10-14/h4-6,9-12H,2-3,7-8H2,1H3,(H,23,25)/b22-12-. The topological polar surface area (TPSA) is 44.7 Å². The first-order valence-corrected chi connectivity index (χ1v) is 9.26. The van der Waals surface area contributed by atoms with Gasteiger partial charge in [0.1, 0.15) is 5.82 Å². The average Bonchev–Trinajstić information content (AvgIpc) is 3.11. The quantitative estimate of drug-likeness (QED) is 0.432. The summed E-state index contributed by atoms with van der Waals surface area (Å²) < 4.78 is 15.4. The second kappa shape index (κ2) is 7.95. The van der Waals surface area contributed by atoms with E-state index in [9.17, 15) is 9.18 Å². The summed E-state index contributed by atoms with van der Waals surface area (Å²) in [5, 5.41) is 3.97. The first-order chi connectivity index (χ1) is 12.0. The zero-order valence-electron chi connectivity index (χ0n) is 13.9. The molecule has 6 heteroatoms. The Bertz CT molecular complexity index is 816. The van der Waals surface area contributed by atoms with Gasteiger partial charge in [-0.2, -0.15) is 5.10 Å². The van der Waals surface area contributed by atoms with Gasteiger partial charge in [-0.05, 0) is 78.3 Å². The number of hydrogen-bond acceptors (Lipinski definition) is 3. The molecule has 0 radical (unpaired) electrons. The van der Waals surface area contributed by atoms with Crippen LogP contribution in [0.2, 0.25) is 0 Å². The Labute approximate surface area is 160 Å². The van der Waals surface area contributed by atoms with Gasteiger partial charge >= 0.3 is 0 Å². The van der Waals surface area contributed by atoms with Gasteiger partial charge in [0.15, 0.2) is 0 Å². The van der Waals surface area contributed by atoms with Gasteiger partial charge < -0.3 is 4.90 Å². The first kappa shape index (κ1) is 17.8. The molecule has 0 unspecified atom stereocenters. The van der Waals surface area contributed by atoms with Crippen molar-refractivity contribution in [3.05, 3.63) is 62.5 Å². The predicted octanol–water partition coefficient (Wildman–Crippen LogP) is 4.10. The van der Waals surface area contributed by atoms with Crippen LogP contribution in [0.5, 0.6) is 0 Å². The molecular weight excluding hydrogens is 432 g/mol. The molecule has 0 aromatic heterocycles. The van der Waals surface area contributed by atoms with E-state index in [1.54, 1.807) is 12.1 Å². The molecule has 0 spiro atoms. The third kappa shape index (κ3) is 4.36. The van der Waals surface area contributed by atoms with Crippen LogP contribution in [0.1, 0.15) is 34.3 Å². The second-order valence-corrected chi connectivity index (χ2v) is 7.31. The van der Waals surface area contributed by atoms with Crippen molar-refractivity contribution in [3.8, 4) is 0 Å². The summed E-state index contributed by atoms with van der Waals surface area (Å²) in [6, 6.07) is 10.6. The molecule has 0 saturated carbocycles. The smallest absolute Gasteiger partial charge is 0.271 e. The van der Waals surface area contributed by atoms with E-state index in [-0.39, 0.29) is 11.7 Å². The number of benzene rings is 2. The number of nitrogens with one attached hydrogen (secondary N) is 1. The lowest BCUT2D eigenvalue weighted by molar-refractivity contribution is 0.0955. The molecule has 25 heavy (non-hydrogen) atoms. The number of anilines is 1. The summed E-state index contributed by atoms with van der Waals surface area (Å²) in [4.78, 5) is 14.1. The monoisotopic (exact) mass is 451 g/mol. The van der Waals surface area contributed by atoms with Gasteiger partial charge in [-0.3, -0.25) is 4.79 Å². The molecule has 0 bridgehead atoms. The zero-order chi connectivity index (χ0) is 17.8. The number of halogens is 2. The summed E-state index contributed by atoms with van der Waals surface area (Å²) >= 11 is 2.15. The molecule has 1 heterocycles. The van der Waals surface area contributed by atoms with Crippen molar-refractivity contribution < 1.29 is 9.18 Å². The number of aryl methyl sites for hydroxylation is 1. The highest BCUT2D eigenvalue weighted by atomic mass is 127. The highest BCUT2D eigenvalue weighted by Gasteiger charge is 2.17. The van der Waals surface area contributed by atoms with Crippen molar-refractivity contribution in [2.24, 2.45) is 5.10 Å². The Morgan fingerprint density at radius 2 is 2.04 bits per heavy atom. The number of nitrogens with zero attached hydrogens (tertiary/aromatic N) is 2. The Morgan fingerprint density at radius 1 is 1.28 bits per heavy atom. The van der Waals surface area contributed by atoms with Crippen LogP contribution < -0.4 is 10.3 Å². The van der Waals surface area contributed by atoms with Crippen molar-refractivity contribution in [3.63, 3.8) is 0 Å². The van der Waals surface area contributed by atoms with Crippen molar-refractivity contribution in [2.45, 2.75) is 19.8 Å². The van der Waals surface area contributed by atoms with E-state index in [4.69, 9.17) is 0 Å². The molecule has 1 amide bonds. The number of amides is 1. The van der Waals surface area contributed by atoms with Gasteiger partial charge in [-0.1, -0.05) is 6.07 Å². The molecule has 1 aliphatic heterocycles. The van der Waals surface area contributed by atoms with E-state index in [0.717, 1.165) is 35.1 Å². The fraction of sp³-hybridized carbons (Fsp3) is 0.263. The van der Waals surface area contributed by atoms with E-state index in [0.29, 0.717) is 16.8 Å². The van der Waals surface area contributed by atoms with E-state index in [2.05, 4.69) is 38.0 Å². The van der Waals surface area contributed by atoms with Crippen LogP contribution in [0.15, 0.2) is 41.5 Å². The SMILES string of the molecule is Cc1cc(N2CCCC2)c(F)cc1/C=N\NC(=O)c1cccc(I)c1. The van der Waals surface area contributed by atoms with Crippen LogP contribution in [0.4, 0.5) is 10.1 Å². The molecule has 1 N–H and O–H groups in total. The van der Waals surface area contributed by atoms with E-state index in [1.807, 2.05) is 25.1 Å². The van der Waals surface area contributed by atoms with Crippen molar-refractivity contribution in [1.82, 2.24) is 5.43 Å². The third-order valence-electron chi connectivity index (χ3n) is 4.24. The molecule has 4 nitrogen and oxygen atoms in total.